The number of carbonyl (C=O) groups is 3. The third-order valence-corrected chi connectivity index (χ3v) is 4.68. The summed E-state index contributed by atoms with van der Waals surface area (Å²) in [4.78, 5) is 36.3. The van der Waals surface area contributed by atoms with Crippen LogP contribution in [0, 0.1) is 5.92 Å². The topological polar surface area (TPSA) is 87.3 Å². The first-order valence-electron chi connectivity index (χ1n) is 8.71. The van der Waals surface area contributed by atoms with Crippen LogP contribution in [0.25, 0.3) is 0 Å². The molecule has 0 aromatic heterocycles. The van der Waals surface area contributed by atoms with E-state index in [1.54, 1.807) is 30.3 Å². The van der Waals surface area contributed by atoms with Gasteiger partial charge in [0.25, 0.3) is 0 Å². The van der Waals surface area contributed by atoms with Gasteiger partial charge in [-0.3, -0.25) is 14.4 Å². The van der Waals surface area contributed by atoms with Crippen molar-refractivity contribution in [2.45, 2.75) is 25.2 Å². The zero-order chi connectivity index (χ0) is 18.1. The molecular formula is C20H19N3O3. The highest BCUT2D eigenvalue weighted by Gasteiger charge is 2.31. The Morgan fingerprint density at radius 2 is 1.50 bits per heavy atom. The summed E-state index contributed by atoms with van der Waals surface area (Å²) in [6.07, 6.45) is 2.03. The van der Waals surface area contributed by atoms with Gasteiger partial charge < -0.3 is 16.0 Å². The Morgan fingerprint density at radius 3 is 2.15 bits per heavy atom. The molecule has 6 nitrogen and oxygen atoms in total. The fraction of sp³-hybridized carbons (Fsp3) is 0.250. The number of nitrogens with one attached hydrogen (secondary N) is 3. The van der Waals surface area contributed by atoms with Crippen LogP contribution in [0.4, 0.5) is 17.1 Å². The molecule has 0 bridgehead atoms. The first-order valence-corrected chi connectivity index (χ1v) is 8.71. The van der Waals surface area contributed by atoms with Crippen LogP contribution < -0.4 is 16.0 Å². The van der Waals surface area contributed by atoms with Gasteiger partial charge in [-0.25, -0.2) is 0 Å². The molecule has 0 spiro atoms. The van der Waals surface area contributed by atoms with Crippen LogP contribution >= 0.6 is 0 Å². The average Bonchev–Trinajstić information content (AvgIpc) is 3.48. The number of fused-ring (bicyclic) bond motifs is 1. The van der Waals surface area contributed by atoms with Gasteiger partial charge in [0.05, 0.1) is 5.92 Å². The van der Waals surface area contributed by atoms with Gasteiger partial charge in [0.1, 0.15) is 0 Å². The van der Waals surface area contributed by atoms with Crippen LogP contribution in [0.5, 0.6) is 0 Å². The van der Waals surface area contributed by atoms with Crippen molar-refractivity contribution in [3.05, 3.63) is 54.1 Å². The van der Waals surface area contributed by atoms with Crippen LogP contribution in [-0.4, -0.2) is 17.7 Å². The predicted molar refractivity (Wildman–Crippen MR) is 98.9 cm³/mol. The van der Waals surface area contributed by atoms with Gasteiger partial charge in [-0.2, -0.15) is 0 Å². The van der Waals surface area contributed by atoms with Gasteiger partial charge in [-0.15, -0.1) is 0 Å². The number of para-hydroxylation sites is 1. The summed E-state index contributed by atoms with van der Waals surface area (Å²) in [5, 5.41) is 8.51. The number of anilines is 3. The van der Waals surface area contributed by atoms with Gasteiger partial charge in [0.15, 0.2) is 0 Å². The number of hydrogen-bond donors (Lipinski definition) is 3. The number of benzene rings is 2. The summed E-state index contributed by atoms with van der Waals surface area (Å²) in [7, 11) is 0. The monoisotopic (exact) mass is 349 g/mol. The van der Waals surface area contributed by atoms with E-state index in [0.717, 1.165) is 18.4 Å². The number of hydrogen-bond acceptors (Lipinski definition) is 3. The Morgan fingerprint density at radius 1 is 0.885 bits per heavy atom. The van der Waals surface area contributed by atoms with E-state index in [-0.39, 0.29) is 30.1 Å². The predicted octanol–water partition coefficient (Wildman–Crippen LogP) is 3.10. The van der Waals surface area contributed by atoms with E-state index in [1.807, 2.05) is 18.2 Å². The molecule has 1 aliphatic heterocycles. The summed E-state index contributed by atoms with van der Waals surface area (Å²) in [5.74, 6) is -0.711. The molecule has 3 N–H and O–H groups in total. The molecule has 4 rings (SSSR count). The van der Waals surface area contributed by atoms with Crippen molar-refractivity contribution >= 4 is 34.8 Å². The second kappa shape index (κ2) is 6.63. The highest BCUT2D eigenvalue weighted by molar-refractivity contribution is 6.05. The van der Waals surface area contributed by atoms with Gasteiger partial charge in [0.2, 0.25) is 17.7 Å². The lowest BCUT2D eigenvalue weighted by molar-refractivity contribution is -0.123. The molecule has 0 saturated heterocycles. The molecule has 2 aromatic carbocycles. The molecule has 6 heteroatoms. The number of rotatable bonds is 4. The first-order chi connectivity index (χ1) is 12.6. The maximum absolute atomic E-state index is 12.7. The van der Waals surface area contributed by atoms with Crippen LogP contribution in [0.3, 0.4) is 0 Å². The van der Waals surface area contributed by atoms with Crippen LogP contribution in [0.1, 0.15) is 30.7 Å². The van der Waals surface area contributed by atoms with E-state index in [0.29, 0.717) is 17.1 Å². The Balaban J connectivity index is 1.44. The Hall–Kier alpha value is -3.15. The summed E-state index contributed by atoms with van der Waals surface area (Å²) in [5.41, 5.74) is 2.84. The van der Waals surface area contributed by atoms with E-state index in [4.69, 9.17) is 0 Å². The molecule has 1 aliphatic carbocycles. The molecule has 1 unspecified atom stereocenters. The average molecular weight is 349 g/mol. The number of amides is 3. The van der Waals surface area contributed by atoms with E-state index in [1.165, 1.54) is 0 Å². The molecule has 1 saturated carbocycles. The molecule has 1 heterocycles. The SMILES string of the molecule is O=C1CC(C(=O)Nc2ccc(NC(=O)C3CC3)cc2)c2ccccc2N1. The molecule has 26 heavy (non-hydrogen) atoms. The van der Waals surface area contributed by atoms with Gasteiger partial charge in [-0.1, -0.05) is 18.2 Å². The summed E-state index contributed by atoms with van der Waals surface area (Å²) < 4.78 is 0. The van der Waals surface area contributed by atoms with Crippen molar-refractivity contribution in [1.82, 2.24) is 0 Å². The fourth-order valence-electron chi connectivity index (χ4n) is 3.10. The quantitative estimate of drug-likeness (QED) is 0.793. The normalized spacial score (nSPS) is 18.5. The van der Waals surface area contributed by atoms with Crippen LogP contribution in [-0.2, 0) is 14.4 Å². The van der Waals surface area contributed by atoms with Crippen molar-refractivity contribution in [2.75, 3.05) is 16.0 Å². The maximum atomic E-state index is 12.7. The largest absolute Gasteiger partial charge is 0.326 e. The molecule has 1 fully saturated rings. The zero-order valence-electron chi connectivity index (χ0n) is 14.1. The Labute approximate surface area is 151 Å². The molecule has 0 radical (unpaired) electrons. The molecular weight excluding hydrogens is 330 g/mol. The maximum Gasteiger partial charge on any atom is 0.232 e. The third-order valence-electron chi connectivity index (χ3n) is 4.68. The zero-order valence-corrected chi connectivity index (χ0v) is 14.1. The van der Waals surface area contributed by atoms with Crippen LogP contribution in [0.15, 0.2) is 48.5 Å². The highest BCUT2D eigenvalue weighted by atomic mass is 16.2. The van der Waals surface area contributed by atoms with E-state index < -0.39 is 5.92 Å². The molecule has 132 valence electrons. The molecule has 2 aromatic rings. The third kappa shape index (κ3) is 3.44. The lowest BCUT2D eigenvalue weighted by Crippen LogP contribution is -2.30. The number of carbonyl (C=O) groups excluding carboxylic acids is 3. The van der Waals surface area contributed by atoms with E-state index in [9.17, 15) is 14.4 Å². The highest BCUT2D eigenvalue weighted by Crippen LogP contribution is 2.33. The van der Waals surface area contributed by atoms with Crippen LogP contribution in [0.2, 0.25) is 0 Å². The van der Waals surface area contributed by atoms with E-state index in [2.05, 4.69) is 16.0 Å². The lowest BCUT2D eigenvalue weighted by Gasteiger charge is -2.24. The molecule has 2 aliphatic rings. The second-order valence-electron chi connectivity index (χ2n) is 6.72. The van der Waals surface area contributed by atoms with Crippen molar-refractivity contribution in [3.8, 4) is 0 Å². The minimum atomic E-state index is -0.519. The fourth-order valence-corrected chi connectivity index (χ4v) is 3.10. The van der Waals surface area contributed by atoms with Gasteiger partial charge >= 0.3 is 0 Å². The molecule has 1 atom stereocenters. The minimum Gasteiger partial charge on any atom is -0.326 e. The van der Waals surface area contributed by atoms with Crippen molar-refractivity contribution in [1.29, 1.82) is 0 Å². The standard InChI is InChI=1S/C20H19N3O3/c24-18-11-16(15-3-1-2-4-17(15)23-18)20(26)22-14-9-7-13(8-10-14)21-19(25)12-5-6-12/h1-4,7-10,12,16H,5-6,11H2,(H,21,25)(H,22,26)(H,23,24). The van der Waals surface area contributed by atoms with Gasteiger partial charge in [0, 0.05) is 29.4 Å². The summed E-state index contributed by atoms with van der Waals surface area (Å²) >= 11 is 0. The summed E-state index contributed by atoms with van der Waals surface area (Å²) in [6.45, 7) is 0. The first kappa shape index (κ1) is 16.3. The smallest absolute Gasteiger partial charge is 0.232 e. The Bertz CT molecular complexity index is 872. The minimum absolute atomic E-state index is 0.0478. The second-order valence-corrected chi connectivity index (χ2v) is 6.72. The lowest BCUT2D eigenvalue weighted by atomic mass is 9.90. The van der Waals surface area contributed by atoms with Crippen molar-refractivity contribution in [2.24, 2.45) is 5.92 Å². The van der Waals surface area contributed by atoms with Crippen molar-refractivity contribution < 1.29 is 14.4 Å². The summed E-state index contributed by atoms with van der Waals surface area (Å²) in [6, 6.07) is 14.3. The molecule has 3 amide bonds. The Kier molecular flexibility index (Phi) is 4.16. The van der Waals surface area contributed by atoms with Gasteiger partial charge in [-0.05, 0) is 48.7 Å². The van der Waals surface area contributed by atoms with Crippen molar-refractivity contribution in [3.63, 3.8) is 0 Å². The van der Waals surface area contributed by atoms with E-state index >= 15 is 0 Å².